The van der Waals surface area contributed by atoms with Crippen molar-refractivity contribution in [1.82, 2.24) is 20.5 Å². The second-order valence-electron chi connectivity index (χ2n) is 7.86. The van der Waals surface area contributed by atoms with Crippen molar-refractivity contribution >= 4 is 16.9 Å². The monoisotopic (exact) mass is 402 g/mol. The van der Waals surface area contributed by atoms with Crippen LogP contribution in [0.5, 0.6) is 0 Å². The highest BCUT2D eigenvalue weighted by molar-refractivity contribution is 5.83. The van der Waals surface area contributed by atoms with Crippen LogP contribution in [0.1, 0.15) is 18.1 Å². The van der Waals surface area contributed by atoms with E-state index in [9.17, 15) is 0 Å². The maximum absolute atomic E-state index is 9.12. The average molecular weight is 403 g/mol. The zero-order chi connectivity index (χ0) is 21.3. The molecule has 0 spiro atoms. The molecule has 0 fully saturated rings. The first-order valence-electron chi connectivity index (χ1n) is 10.3. The van der Waals surface area contributed by atoms with Crippen LogP contribution < -0.4 is 10.6 Å². The molecule has 6 heteroatoms. The van der Waals surface area contributed by atoms with Crippen LogP contribution in [-0.2, 0) is 12.8 Å². The van der Waals surface area contributed by atoms with Crippen molar-refractivity contribution in [2.75, 3.05) is 20.6 Å². The van der Waals surface area contributed by atoms with Gasteiger partial charge in [0.15, 0.2) is 0 Å². The maximum atomic E-state index is 9.12. The molecule has 6 nitrogen and oxygen atoms in total. The van der Waals surface area contributed by atoms with Gasteiger partial charge in [-0.1, -0.05) is 48.5 Å². The van der Waals surface area contributed by atoms with Gasteiger partial charge in [-0.05, 0) is 51.1 Å². The topological polar surface area (TPSA) is 79.2 Å². The van der Waals surface area contributed by atoms with E-state index >= 15 is 0 Å². The molecule has 0 saturated carbocycles. The number of likely N-dealkylation sites (N-methyl/N-ethyl adjacent to an activating group) is 1. The van der Waals surface area contributed by atoms with Gasteiger partial charge in [0.1, 0.15) is 0 Å². The highest BCUT2D eigenvalue weighted by Crippen LogP contribution is 2.19. The van der Waals surface area contributed by atoms with Gasteiger partial charge in [-0.25, -0.2) is 0 Å². The van der Waals surface area contributed by atoms with Crippen molar-refractivity contribution in [3.8, 4) is 6.19 Å². The van der Waals surface area contributed by atoms with E-state index < -0.39 is 0 Å². The lowest BCUT2D eigenvalue weighted by Gasteiger charge is -2.26. The molecule has 0 aliphatic heterocycles. The van der Waals surface area contributed by atoms with Crippen LogP contribution in [0.15, 0.2) is 65.8 Å². The Hall–Kier alpha value is -3.30. The molecule has 0 aliphatic rings. The van der Waals surface area contributed by atoms with Crippen LogP contribution in [0, 0.1) is 11.5 Å². The third-order valence-electron chi connectivity index (χ3n) is 5.30. The lowest BCUT2D eigenvalue weighted by atomic mass is 10.1. The fraction of sp³-hybridized carbons (Fsp3) is 0.333. The molecule has 3 rings (SSSR count). The molecule has 3 aromatic rings. The van der Waals surface area contributed by atoms with E-state index in [0.717, 1.165) is 18.4 Å². The summed E-state index contributed by atoms with van der Waals surface area (Å²) in [4.78, 5) is 9.48. The Kier molecular flexibility index (Phi) is 7.47. The number of rotatable bonds is 8. The minimum atomic E-state index is 0.121. The van der Waals surface area contributed by atoms with E-state index in [2.05, 4.69) is 95.2 Å². The predicted octanol–water partition coefficient (Wildman–Crippen LogP) is 3.29. The molecule has 0 bridgehead atoms. The van der Waals surface area contributed by atoms with Gasteiger partial charge in [0, 0.05) is 35.7 Å². The highest BCUT2D eigenvalue weighted by atomic mass is 15.2. The summed E-state index contributed by atoms with van der Waals surface area (Å²) >= 11 is 0. The van der Waals surface area contributed by atoms with E-state index in [1.54, 1.807) is 0 Å². The SMILES string of the molecule is CC(Cc1c[nH]c2ccccc12)N/C(=N\C#N)NCC(Cc1ccccc1)N(C)C. The smallest absolute Gasteiger partial charge is 0.209 e. The molecule has 156 valence electrons. The summed E-state index contributed by atoms with van der Waals surface area (Å²) in [5.74, 6) is 0.518. The number of nitrogens with zero attached hydrogens (tertiary/aromatic N) is 3. The summed E-state index contributed by atoms with van der Waals surface area (Å²) in [6, 6.07) is 19.1. The number of H-pyrrole nitrogens is 1. The summed E-state index contributed by atoms with van der Waals surface area (Å²) in [5.41, 5.74) is 3.67. The second-order valence-corrected chi connectivity index (χ2v) is 7.86. The lowest BCUT2D eigenvalue weighted by molar-refractivity contribution is 0.290. The summed E-state index contributed by atoms with van der Waals surface area (Å²) in [6.07, 6.45) is 5.72. The molecule has 1 heterocycles. The van der Waals surface area contributed by atoms with Crippen molar-refractivity contribution in [2.45, 2.75) is 31.8 Å². The molecule has 2 atom stereocenters. The molecule has 0 radical (unpaired) electrons. The van der Waals surface area contributed by atoms with Crippen molar-refractivity contribution in [3.63, 3.8) is 0 Å². The highest BCUT2D eigenvalue weighted by Gasteiger charge is 2.15. The van der Waals surface area contributed by atoms with Crippen LogP contribution in [0.4, 0.5) is 0 Å². The standard InChI is InChI=1S/C24H30N6/c1-18(13-20-15-26-23-12-8-7-11-22(20)23)29-24(28-17-25)27-16-21(30(2)3)14-19-9-5-4-6-10-19/h4-12,15,18,21,26H,13-14,16H2,1-3H3,(H2,27,28,29). The number of hydrogen-bond donors (Lipinski definition) is 3. The molecule has 0 aliphatic carbocycles. The van der Waals surface area contributed by atoms with E-state index in [1.165, 1.54) is 16.5 Å². The zero-order valence-electron chi connectivity index (χ0n) is 17.9. The fourth-order valence-electron chi connectivity index (χ4n) is 3.63. The van der Waals surface area contributed by atoms with Gasteiger partial charge in [0.2, 0.25) is 12.2 Å². The van der Waals surface area contributed by atoms with Gasteiger partial charge in [-0.3, -0.25) is 0 Å². The Bertz CT molecular complexity index is 999. The quantitative estimate of drug-likeness (QED) is 0.307. The van der Waals surface area contributed by atoms with E-state index in [4.69, 9.17) is 5.26 Å². The van der Waals surface area contributed by atoms with Gasteiger partial charge < -0.3 is 20.5 Å². The molecule has 3 N–H and O–H groups in total. The summed E-state index contributed by atoms with van der Waals surface area (Å²) in [7, 11) is 4.15. The third kappa shape index (κ3) is 5.85. The van der Waals surface area contributed by atoms with Gasteiger partial charge in [-0.15, -0.1) is 4.99 Å². The van der Waals surface area contributed by atoms with E-state index in [0.29, 0.717) is 12.5 Å². The molecular weight excluding hydrogens is 372 g/mol. The minimum absolute atomic E-state index is 0.121. The number of hydrogen-bond acceptors (Lipinski definition) is 3. The van der Waals surface area contributed by atoms with Crippen molar-refractivity contribution in [3.05, 3.63) is 71.9 Å². The van der Waals surface area contributed by atoms with Gasteiger partial charge >= 0.3 is 0 Å². The maximum Gasteiger partial charge on any atom is 0.209 e. The number of guanidine groups is 1. The van der Waals surface area contributed by atoms with Gasteiger partial charge in [0.25, 0.3) is 0 Å². The minimum Gasteiger partial charge on any atom is -0.361 e. The first-order chi connectivity index (χ1) is 14.6. The number of aromatic nitrogens is 1. The number of nitrogens with one attached hydrogen (secondary N) is 3. The summed E-state index contributed by atoms with van der Waals surface area (Å²) < 4.78 is 0. The number of nitriles is 1. The Morgan fingerprint density at radius 1 is 1.10 bits per heavy atom. The third-order valence-corrected chi connectivity index (χ3v) is 5.30. The average Bonchev–Trinajstić information content (AvgIpc) is 3.14. The molecule has 1 aromatic heterocycles. The van der Waals surface area contributed by atoms with Crippen molar-refractivity contribution in [2.24, 2.45) is 4.99 Å². The first kappa shape index (κ1) is 21.4. The summed E-state index contributed by atoms with van der Waals surface area (Å²) in [5, 5.41) is 17.1. The molecule has 2 aromatic carbocycles. The van der Waals surface area contributed by atoms with E-state index in [-0.39, 0.29) is 12.1 Å². The first-order valence-corrected chi connectivity index (χ1v) is 10.3. The molecule has 0 amide bonds. The predicted molar refractivity (Wildman–Crippen MR) is 123 cm³/mol. The number of aromatic amines is 1. The Balaban J connectivity index is 1.59. The van der Waals surface area contributed by atoms with Crippen molar-refractivity contribution in [1.29, 1.82) is 5.26 Å². The largest absolute Gasteiger partial charge is 0.361 e. The van der Waals surface area contributed by atoms with Crippen LogP contribution in [0.25, 0.3) is 10.9 Å². The van der Waals surface area contributed by atoms with Crippen molar-refractivity contribution < 1.29 is 0 Å². The van der Waals surface area contributed by atoms with E-state index in [1.807, 2.05) is 18.3 Å². The number of benzene rings is 2. The normalized spacial score (nSPS) is 13.8. The fourth-order valence-corrected chi connectivity index (χ4v) is 3.63. The zero-order valence-corrected chi connectivity index (χ0v) is 17.9. The number of para-hydroxylation sites is 1. The molecule has 2 unspecified atom stereocenters. The number of aliphatic imine (C=N–C) groups is 1. The van der Waals surface area contributed by atoms with Crippen LogP contribution in [0.2, 0.25) is 0 Å². The van der Waals surface area contributed by atoms with Crippen LogP contribution in [-0.4, -0.2) is 48.6 Å². The van der Waals surface area contributed by atoms with Gasteiger partial charge in [0.05, 0.1) is 0 Å². The Morgan fingerprint density at radius 2 is 1.83 bits per heavy atom. The Labute approximate surface area is 178 Å². The molecule has 30 heavy (non-hydrogen) atoms. The second kappa shape index (κ2) is 10.5. The van der Waals surface area contributed by atoms with Crippen LogP contribution in [0.3, 0.4) is 0 Å². The number of fused-ring (bicyclic) bond motifs is 1. The summed E-state index contributed by atoms with van der Waals surface area (Å²) in [6.45, 7) is 2.79. The Morgan fingerprint density at radius 3 is 2.57 bits per heavy atom. The van der Waals surface area contributed by atoms with Gasteiger partial charge in [-0.2, -0.15) is 5.26 Å². The lowest BCUT2D eigenvalue weighted by Crippen LogP contribution is -2.48. The van der Waals surface area contributed by atoms with Crippen LogP contribution >= 0.6 is 0 Å². The molecular formula is C24H30N6. The molecule has 0 saturated heterocycles.